The van der Waals surface area contributed by atoms with Crippen LogP contribution in [0.4, 0.5) is 0 Å². The number of nitrogens with zero attached hydrogens (tertiary/aromatic N) is 1. The van der Waals surface area contributed by atoms with Gasteiger partial charge in [-0.1, -0.05) is 13.8 Å². The quantitative estimate of drug-likeness (QED) is 0.789. The molecule has 0 aliphatic heterocycles. The van der Waals surface area contributed by atoms with Crippen molar-refractivity contribution in [3.05, 3.63) is 0 Å². The Labute approximate surface area is 113 Å². The molecule has 4 atom stereocenters. The highest BCUT2D eigenvalue weighted by atomic mass is 16.3. The maximum absolute atomic E-state index is 9.89. The van der Waals surface area contributed by atoms with Crippen molar-refractivity contribution in [1.82, 2.24) is 10.2 Å². The molecule has 3 heteroatoms. The average molecular weight is 256 g/mol. The molecule has 1 aliphatic carbocycles. The van der Waals surface area contributed by atoms with Crippen molar-refractivity contribution in [3.8, 4) is 0 Å². The molecule has 0 aromatic carbocycles. The van der Waals surface area contributed by atoms with Gasteiger partial charge in [-0.2, -0.15) is 0 Å². The Balaban J connectivity index is 2.57. The summed E-state index contributed by atoms with van der Waals surface area (Å²) in [5.41, 5.74) is -0.602. The normalized spacial score (nSPS) is 34.0. The molecular weight excluding hydrogens is 224 g/mol. The van der Waals surface area contributed by atoms with Crippen molar-refractivity contribution in [2.45, 2.75) is 52.2 Å². The zero-order valence-electron chi connectivity index (χ0n) is 13.0. The predicted molar refractivity (Wildman–Crippen MR) is 77.7 cm³/mol. The van der Waals surface area contributed by atoms with Crippen LogP contribution in [0.2, 0.25) is 0 Å². The molecule has 0 aromatic rings. The third kappa shape index (κ3) is 4.87. The minimum atomic E-state index is -0.602. The van der Waals surface area contributed by atoms with E-state index in [1.54, 1.807) is 0 Å². The van der Waals surface area contributed by atoms with E-state index in [0.29, 0.717) is 12.0 Å². The first kappa shape index (κ1) is 15.9. The number of aliphatic hydroxyl groups is 1. The lowest BCUT2D eigenvalue weighted by Crippen LogP contribution is -2.49. The number of hydrogen-bond donors (Lipinski definition) is 2. The highest BCUT2D eigenvalue weighted by Gasteiger charge is 2.34. The standard InChI is InChI=1S/C15H32N2O/c1-11-7-12(2)13(14(8-11)16-5)9-17(6)10-15(3,4)18/h11-14,16,18H,7-10H2,1-6H3. The Morgan fingerprint density at radius 3 is 2.39 bits per heavy atom. The molecule has 1 aliphatic rings. The molecule has 1 saturated carbocycles. The second kappa shape index (κ2) is 6.36. The van der Waals surface area contributed by atoms with E-state index in [9.17, 15) is 5.11 Å². The first-order chi connectivity index (χ1) is 8.23. The van der Waals surface area contributed by atoms with Gasteiger partial charge in [0.25, 0.3) is 0 Å². The summed E-state index contributed by atoms with van der Waals surface area (Å²) >= 11 is 0. The van der Waals surface area contributed by atoms with Crippen LogP contribution in [0.1, 0.15) is 40.5 Å². The summed E-state index contributed by atoms with van der Waals surface area (Å²) in [4.78, 5) is 2.28. The van der Waals surface area contributed by atoms with Gasteiger partial charge in [-0.05, 0) is 58.5 Å². The van der Waals surface area contributed by atoms with Crippen LogP contribution < -0.4 is 5.32 Å². The van der Waals surface area contributed by atoms with Crippen LogP contribution >= 0.6 is 0 Å². The zero-order valence-corrected chi connectivity index (χ0v) is 13.0. The Morgan fingerprint density at radius 2 is 1.89 bits per heavy atom. The molecule has 108 valence electrons. The number of hydrogen-bond acceptors (Lipinski definition) is 3. The molecule has 0 bridgehead atoms. The molecule has 0 saturated heterocycles. The molecule has 0 aromatic heterocycles. The minimum Gasteiger partial charge on any atom is -0.389 e. The van der Waals surface area contributed by atoms with Gasteiger partial charge in [-0.3, -0.25) is 0 Å². The first-order valence-corrected chi connectivity index (χ1v) is 7.31. The van der Waals surface area contributed by atoms with Crippen molar-refractivity contribution in [3.63, 3.8) is 0 Å². The van der Waals surface area contributed by atoms with E-state index < -0.39 is 5.60 Å². The second-order valence-electron chi connectivity index (χ2n) is 7.12. The third-order valence-electron chi connectivity index (χ3n) is 4.23. The average Bonchev–Trinajstić information content (AvgIpc) is 2.18. The summed E-state index contributed by atoms with van der Waals surface area (Å²) in [7, 11) is 4.20. The van der Waals surface area contributed by atoms with Crippen molar-refractivity contribution >= 4 is 0 Å². The van der Waals surface area contributed by atoms with Gasteiger partial charge in [-0.25, -0.2) is 0 Å². The van der Waals surface area contributed by atoms with Crippen LogP contribution in [-0.2, 0) is 0 Å². The first-order valence-electron chi connectivity index (χ1n) is 7.31. The molecule has 0 radical (unpaired) electrons. The number of rotatable bonds is 5. The van der Waals surface area contributed by atoms with Crippen molar-refractivity contribution in [2.75, 3.05) is 27.2 Å². The van der Waals surface area contributed by atoms with Gasteiger partial charge < -0.3 is 15.3 Å². The lowest BCUT2D eigenvalue weighted by molar-refractivity contribution is 0.0280. The molecule has 18 heavy (non-hydrogen) atoms. The Kier molecular flexibility index (Phi) is 5.63. The third-order valence-corrected chi connectivity index (χ3v) is 4.23. The van der Waals surface area contributed by atoms with E-state index in [1.165, 1.54) is 12.8 Å². The lowest BCUT2D eigenvalue weighted by atomic mass is 9.72. The maximum atomic E-state index is 9.89. The van der Waals surface area contributed by atoms with Crippen LogP contribution in [-0.4, -0.2) is 48.8 Å². The maximum Gasteiger partial charge on any atom is 0.0718 e. The summed E-state index contributed by atoms with van der Waals surface area (Å²) in [5.74, 6) is 2.28. The Hall–Kier alpha value is -0.120. The lowest BCUT2D eigenvalue weighted by Gasteiger charge is -2.42. The van der Waals surface area contributed by atoms with Gasteiger partial charge in [0, 0.05) is 19.1 Å². The number of nitrogens with one attached hydrogen (secondary N) is 1. The summed E-state index contributed by atoms with van der Waals surface area (Å²) < 4.78 is 0. The second-order valence-corrected chi connectivity index (χ2v) is 7.12. The Bertz CT molecular complexity index is 249. The van der Waals surface area contributed by atoms with E-state index in [2.05, 4.69) is 38.2 Å². The topological polar surface area (TPSA) is 35.5 Å². The highest BCUT2D eigenvalue weighted by Crippen LogP contribution is 2.34. The molecule has 0 heterocycles. The largest absolute Gasteiger partial charge is 0.389 e. The smallest absolute Gasteiger partial charge is 0.0718 e. The van der Waals surface area contributed by atoms with E-state index in [-0.39, 0.29) is 0 Å². The molecule has 1 fully saturated rings. The molecule has 3 nitrogen and oxygen atoms in total. The highest BCUT2D eigenvalue weighted by molar-refractivity contribution is 4.88. The molecular formula is C15H32N2O. The predicted octanol–water partition coefficient (Wildman–Crippen LogP) is 1.96. The number of likely N-dealkylation sites (N-methyl/N-ethyl adjacent to an activating group) is 1. The van der Waals surface area contributed by atoms with Gasteiger partial charge in [0.2, 0.25) is 0 Å². The van der Waals surface area contributed by atoms with Gasteiger partial charge in [0.15, 0.2) is 0 Å². The van der Waals surface area contributed by atoms with E-state index in [0.717, 1.165) is 24.9 Å². The summed E-state index contributed by atoms with van der Waals surface area (Å²) in [6, 6.07) is 0.619. The van der Waals surface area contributed by atoms with Crippen molar-refractivity contribution < 1.29 is 5.11 Å². The van der Waals surface area contributed by atoms with Crippen LogP contribution in [0.15, 0.2) is 0 Å². The molecule has 4 unspecified atom stereocenters. The summed E-state index contributed by atoms with van der Waals surface area (Å²) in [6.07, 6.45) is 2.61. The van der Waals surface area contributed by atoms with E-state index in [1.807, 2.05) is 13.8 Å². The summed E-state index contributed by atoms with van der Waals surface area (Å²) in [6.45, 7) is 10.3. The van der Waals surface area contributed by atoms with Crippen LogP contribution in [0.3, 0.4) is 0 Å². The van der Waals surface area contributed by atoms with Crippen molar-refractivity contribution in [2.24, 2.45) is 17.8 Å². The van der Waals surface area contributed by atoms with Gasteiger partial charge in [-0.15, -0.1) is 0 Å². The molecule has 2 N–H and O–H groups in total. The SMILES string of the molecule is CNC1CC(C)CC(C)C1CN(C)CC(C)(C)O. The fourth-order valence-electron chi connectivity index (χ4n) is 3.63. The van der Waals surface area contributed by atoms with Crippen molar-refractivity contribution in [1.29, 1.82) is 0 Å². The monoisotopic (exact) mass is 256 g/mol. The van der Waals surface area contributed by atoms with Crippen LogP contribution in [0, 0.1) is 17.8 Å². The fraction of sp³-hybridized carbons (Fsp3) is 1.00. The molecule has 1 rings (SSSR count). The van der Waals surface area contributed by atoms with E-state index in [4.69, 9.17) is 0 Å². The Morgan fingerprint density at radius 1 is 1.28 bits per heavy atom. The van der Waals surface area contributed by atoms with Gasteiger partial charge in [0.1, 0.15) is 0 Å². The molecule has 0 spiro atoms. The summed E-state index contributed by atoms with van der Waals surface area (Å²) in [5, 5.41) is 13.4. The van der Waals surface area contributed by atoms with Gasteiger partial charge >= 0.3 is 0 Å². The minimum absolute atomic E-state index is 0.602. The van der Waals surface area contributed by atoms with Crippen LogP contribution in [0.25, 0.3) is 0 Å². The fourth-order valence-corrected chi connectivity index (χ4v) is 3.63. The van der Waals surface area contributed by atoms with Crippen LogP contribution in [0.5, 0.6) is 0 Å². The zero-order chi connectivity index (χ0) is 13.9. The molecule has 0 amide bonds. The van der Waals surface area contributed by atoms with E-state index >= 15 is 0 Å². The van der Waals surface area contributed by atoms with Gasteiger partial charge in [0.05, 0.1) is 5.60 Å².